The van der Waals surface area contributed by atoms with Gasteiger partial charge in [0.25, 0.3) is 5.76 Å². The molecule has 1 rings (SSSR count). The summed E-state index contributed by atoms with van der Waals surface area (Å²) in [6.45, 7) is 1.62. The molecular weight excluding hydrogens is 232 g/mol. The number of aryl methyl sites for hydroxylation is 1. The van der Waals surface area contributed by atoms with Gasteiger partial charge in [0.1, 0.15) is 0 Å². The van der Waals surface area contributed by atoms with Crippen LogP contribution in [-0.2, 0) is 11.2 Å². The molecule has 1 aromatic rings. The number of thiazole rings is 1. The molecule has 0 saturated heterocycles. The average Bonchev–Trinajstić information content (AvgIpc) is 2.28. The lowest BCUT2D eigenvalue weighted by Crippen LogP contribution is -1.99. The van der Waals surface area contributed by atoms with E-state index in [0.717, 1.165) is 11.3 Å². The highest BCUT2D eigenvalue weighted by atomic mass is 32.2. The first kappa shape index (κ1) is 11.4. The predicted octanol–water partition coefficient (Wildman–Crippen LogP) is 2.39. The third-order valence-electron chi connectivity index (χ3n) is 1.37. The first-order valence-corrected chi connectivity index (χ1v) is 5.31. The van der Waals surface area contributed by atoms with Crippen molar-refractivity contribution >= 4 is 29.1 Å². The van der Waals surface area contributed by atoms with E-state index in [-0.39, 0.29) is 10.8 Å². The number of carboxylic acid groups (broad SMARTS) is 1. The number of hydrogen-bond acceptors (Lipinski definition) is 4. The van der Waals surface area contributed by atoms with Crippen LogP contribution in [0.3, 0.4) is 0 Å². The number of nitrogens with zero attached hydrogens (tertiary/aromatic N) is 1. The molecule has 0 aliphatic heterocycles. The molecular formula is C7H7F2NO2S2. The molecule has 0 aliphatic carbocycles. The molecule has 7 heteroatoms. The summed E-state index contributed by atoms with van der Waals surface area (Å²) in [4.78, 5) is 14.7. The number of hydrogen-bond donors (Lipinski definition) is 1. The number of carbonyl (C=O) groups is 1. The van der Waals surface area contributed by atoms with Gasteiger partial charge in [-0.15, -0.1) is 11.3 Å². The molecule has 0 atom stereocenters. The van der Waals surface area contributed by atoms with Crippen molar-refractivity contribution in [3.63, 3.8) is 0 Å². The van der Waals surface area contributed by atoms with Crippen molar-refractivity contribution in [3.8, 4) is 0 Å². The Balaban J connectivity index is 2.76. The van der Waals surface area contributed by atoms with Crippen LogP contribution >= 0.6 is 23.1 Å². The highest BCUT2D eigenvalue weighted by Gasteiger charge is 2.14. The molecule has 14 heavy (non-hydrogen) atoms. The minimum atomic E-state index is -2.52. The summed E-state index contributed by atoms with van der Waals surface area (Å²) >= 11 is 1.35. The second-order valence-electron chi connectivity index (χ2n) is 2.44. The molecule has 0 spiro atoms. The van der Waals surface area contributed by atoms with Crippen LogP contribution in [0.25, 0.3) is 0 Å². The van der Waals surface area contributed by atoms with Gasteiger partial charge in [0.2, 0.25) is 0 Å². The summed E-state index contributed by atoms with van der Waals surface area (Å²) in [6.07, 6.45) is -0.159. The predicted molar refractivity (Wildman–Crippen MR) is 50.1 cm³/mol. The largest absolute Gasteiger partial charge is 0.481 e. The van der Waals surface area contributed by atoms with Crippen LogP contribution in [-0.4, -0.2) is 21.8 Å². The first-order valence-electron chi connectivity index (χ1n) is 3.62. The zero-order chi connectivity index (χ0) is 10.7. The summed E-state index contributed by atoms with van der Waals surface area (Å²) in [6, 6.07) is 0. The summed E-state index contributed by atoms with van der Waals surface area (Å²) in [7, 11) is 0. The van der Waals surface area contributed by atoms with E-state index in [0.29, 0.717) is 22.3 Å². The maximum Gasteiger partial charge on any atom is 0.308 e. The van der Waals surface area contributed by atoms with E-state index >= 15 is 0 Å². The van der Waals surface area contributed by atoms with Crippen molar-refractivity contribution < 1.29 is 18.7 Å². The van der Waals surface area contributed by atoms with E-state index in [1.165, 1.54) is 0 Å². The van der Waals surface area contributed by atoms with Gasteiger partial charge in [0, 0.05) is 4.88 Å². The van der Waals surface area contributed by atoms with E-state index in [9.17, 15) is 13.6 Å². The number of aromatic nitrogens is 1. The van der Waals surface area contributed by atoms with Crippen LogP contribution in [0.1, 0.15) is 10.6 Å². The highest BCUT2D eigenvalue weighted by Crippen LogP contribution is 2.31. The Morgan fingerprint density at radius 3 is 2.86 bits per heavy atom. The van der Waals surface area contributed by atoms with Gasteiger partial charge in [0.15, 0.2) is 4.34 Å². The summed E-state index contributed by atoms with van der Waals surface area (Å²) in [5.74, 6) is -3.50. The SMILES string of the molecule is Cc1nc(SC(F)F)sc1CC(=O)O. The molecule has 0 bridgehead atoms. The number of carboxylic acids is 1. The lowest BCUT2D eigenvalue weighted by molar-refractivity contribution is -0.136. The minimum Gasteiger partial charge on any atom is -0.481 e. The van der Waals surface area contributed by atoms with Gasteiger partial charge in [-0.3, -0.25) is 4.79 Å². The van der Waals surface area contributed by atoms with Crippen molar-refractivity contribution in [2.45, 2.75) is 23.4 Å². The van der Waals surface area contributed by atoms with Crippen molar-refractivity contribution in [1.82, 2.24) is 4.98 Å². The maximum absolute atomic E-state index is 11.9. The normalized spacial score (nSPS) is 10.9. The Hall–Kier alpha value is -0.690. The summed E-state index contributed by atoms with van der Waals surface area (Å²) in [5.41, 5.74) is 0.514. The molecule has 78 valence electrons. The van der Waals surface area contributed by atoms with Crippen molar-refractivity contribution in [1.29, 1.82) is 0 Å². The third kappa shape index (κ3) is 3.22. The Morgan fingerprint density at radius 1 is 1.71 bits per heavy atom. The lowest BCUT2D eigenvalue weighted by atomic mass is 10.3. The zero-order valence-electron chi connectivity index (χ0n) is 7.16. The molecule has 0 fully saturated rings. The molecule has 3 nitrogen and oxygen atoms in total. The Labute approximate surface area is 87.2 Å². The second kappa shape index (κ2) is 4.70. The quantitative estimate of drug-likeness (QED) is 0.820. The highest BCUT2D eigenvalue weighted by molar-refractivity contribution is 8.01. The fourth-order valence-corrected chi connectivity index (χ4v) is 2.67. The van der Waals surface area contributed by atoms with Gasteiger partial charge in [-0.2, -0.15) is 8.78 Å². The van der Waals surface area contributed by atoms with Gasteiger partial charge >= 0.3 is 5.97 Å². The van der Waals surface area contributed by atoms with Crippen LogP contribution in [0.4, 0.5) is 8.78 Å². The smallest absolute Gasteiger partial charge is 0.308 e. The minimum absolute atomic E-state index is 0.159. The average molecular weight is 239 g/mol. The molecule has 0 radical (unpaired) electrons. The van der Waals surface area contributed by atoms with Gasteiger partial charge in [-0.05, 0) is 18.7 Å². The van der Waals surface area contributed by atoms with Crippen LogP contribution < -0.4 is 0 Å². The molecule has 0 aliphatic rings. The molecule has 1 N–H and O–H groups in total. The molecule has 0 saturated carbocycles. The maximum atomic E-state index is 11.9. The number of rotatable bonds is 4. The number of halogens is 2. The van der Waals surface area contributed by atoms with Crippen LogP contribution in [0, 0.1) is 6.92 Å². The van der Waals surface area contributed by atoms with Crippen LogP contribution in [0.15, 0.2) is 4.34 Å². The first-order chi connectivity index (χ1) is 6.49. The molecule has 0 unspecified atom stereocenters. The standard InChI is InChI=1S/C7H7F2NO2S2/c1-3-4(2-5(11)12)13-7(10-3)14-6(8)9/h6H,2H2,1H3,(H,11,12). The number of alkyl halides is 2. The molecule has 1 aromatic heterocycles. The third-order valence-corrected chi connectivity index (χ3v) is 3.34. The van der Waals surface area contributed by atoms with Gasteiger partial charge < -0.3 is 5.11 Å². The lowest BCUT2D eigenvalue weighted by Gasteiger charge is -1.91. The van der Waals surface area contributed by atoms with E-state index in [4.69, 9.17) is 5.11 Å². The summed E-state index contributed by atoms with van der Waals surface area (Å²) < 4.78 is 24.1. The molecule has 0 aromatic carbocycles. The topological polar surface area (TPSA) is 50.2 Å². The van der Waals surface area contributed by atoms with Gasteiger partial charge in [-0.1, -0.05) is 0 Å². The molecule has 0 amide bonds. The van der Waals surface area contributed by atoms with E-state index in [2.05, 4.69) is 4.98 Å². The van der Waals surface area contributed by atoms with Gasteiger partial charge in [0.05, 0.1) is 12.1 Å². The Bertz CT molecular complexity index is 340. The number of thioether (sulfide) groups is 1. The zero-order valence-corrected chi connectivity index (χ0v) is 8.79. The molecule has 1 heterocycles. The van der Waals surface area contributed by atoms with Gasteiger partial charge in [-0.25, -0.2) is 4.98 Å². The van der Waals surface area contributed by atoms with Crippen molar-refractivity contribution in [2.75, 3.05) is 0 Å². The van der Waals surface area contributed by atoms with Crippen LogP contribution in [0.2, 0.25) is 0 Å². The van der Waals surface area contributed by atoms with E-state index < -0.39 is 11.7 Å². The fourth-order valence-electron chi connectivity index (χ4n) is 0.829. The van der Waals surface area contributed by atoms with Crippen LogP contribution in [0.5, 0.6) is 0 Å². The Morgan fingerprint density at radius 2 is 2.36 bits per heavy atom. The van der Waals surface area contributed by atoms with E-state index in [1.807, 2.05) is 0 Å². The summed E-state index contributed by atoms with van der Waals surface area (Å²) in [5, 5.41) is 8.51. The number of aliphatic carboxylic acids is 1. The monoisotopic (exact) mass is 239 g/mol. The van der Waals surface area contributed by atoms with Crippen molar-refractivity contribution in [3.05, 3.63) is 10.6 Å². The second-order valence-corrected chi connectivity index (χ2v) is 4.76. The fraction of sp³-hybridized carbons (Fsp3) is 0.429. The van der Waals surface area contributed by atoms with Crippen molar-refractivity contribution in [2.24, 2.45) is 0 Å². The Kier molecular flexibility index (Phi) is 3.82. The van der Waals surface area contributed by atoms with E-state index in [1.54, 1.807) is 6.92 Å².